The van der Waals surface area contributed by atoms with Gasteiger partial charge in [-0.2, -0.15) is 5.10 Å². The van der Waals surface area contributed by atoms with Crippen molar-refractivity contribution in [2.75, 3.05) is 13.7 Å². The molecular formula is C16H20N4O3. The highest BCUT2D eigenvalue weighted by molar-refractivity contribution is 5.76. The Morgan fingerprint density at radius 2 is 2.13 bits per heavy atom. The summed E-state index contributed by atoms with van der Waals surface area (Å²) < 4.78 is 8.53. The van der Waals surface area contributed by atoms with Crippen LogP contribution < -0.4 is 5.69 Å². The van der Waals surface area contributed by atoms with Crippen molar-refractivity contribution in [1.29, 1.82) is 0 Å². The molecule has 1 aliphatic rings. The Morgan fingerprint density at radius 3 is 2.87 bits per heavy atom. The lowest BCUT2D eigenvalue weighted by Gasteiger charge is -2.25. The number of nitrogens with zero attached hydrogens (tertiary/aromatic N) is 4. The number of carbonyl (C=O) groups is 1. The number of amides is 1. The molecular weight excluding hydrogens is 296 g/mol. The van der Waals surface area contributed by atoms with Crippen LogP contribution in [-0.2, 0) is 29.7 Å². The molecule has 3 rings (SSSR count). The maximum Gasteiger partial charge on any atom is 0.345 e. The van der Waals surface area contributed by atoms with Gasteiger partial charge in [0.1, 0.15) is 6.10 Å². The molecule has 1 aromatic heterocycles. The number of aryl methyl sites for hydroxylation is 1. The van der Waals surface area contributed by atoms with Gasteiger partial charge in [-0.1, -0.05) is 30.3 Å². The Bertz CT molecular complexity index is 750. The molecule has 0 aliphatic carbocycles. The molecule has 23 heavy (non-hydrogen) atoms. The summed E-state index contributed by atoms with van der Waals surface area (Å²) in [6, 6.07) is 9.81. The summed E-state index contributed by atoms with van der Waals surface area (Å²) >= 11 is 0. The highest BCUT2D eigenvalue weighted by Crippen LogP contribution is 2.23. The molecule has 0 spiro atoms. The van der Waals surface area contributed by atoms with Crippen LogP contribution in [0.2, 0.25) is 0 Å². The number of hydrogen-bond acceptors (Lipinski definition) is 4. The van der Waals surface area contributed by atoms with Gasteiger partial charge in [-0.25, -0.2) is 9.48 Å². The SMILES string of the molecule is CN(Cc1ccccc1)C(=O)CC1OCCn2c1nn(C)c2=O. The third-order valence-corrected chi connectivity index (χ3v) is 4.01. The van der Waals surface area contributed by atoms with Crippen LogP contribution in [0.3, 0.4) is 0 Å². The number of rotatable bonds is 4. The van der Waals surface area contributed by atoms with Crippen LogP contribution in [0.1, 0.15) is 23.9 Å². The fourth-order valence-electron chi connectivity index (χ4n) is 2.74. The standard InChI is InChI=1S/C16H20N4O3/c1-18(11-12-6-4-3-5-7-12)14(21)10-13-15-17-19(2)16(22)20(15)8-9-23-13/h3-7,13H,8-11H2,1-2H3. The lowest BCUT2D eigenvalue weighted by atomic mass is 10.1. The van der Waals surface area contributed by atoms with E-state index in [1.807, 2.05) is 30.3 Å². The predicted molar refractivity (Wildman–Crippen MR) is 83.7 cm³/mol. The van der Waals surface area contributed by atoms with Crippen LogP contribution in [0.5, 0.6) is 0 Å². The van der Waals surface area contributed by atoms with Gasteiger partial charge in [0.25, 0.3) is 0 Å². The zero-order valence-electron chi connectivity index (χ0n) is 13.3. The maximum absolute atomic E-state index is 12.4. The van der Waals surface area contributed by atoms with E-state index in [0.717, 1.165) is 5.56 Å². The number of aromatic nitrogens is 3. The Kier molecular flexibility index (Phi) is 4.29. The largest absolute Gasteiger partial charge is 0.368 e. The van der Waals surface area contributed by atoms with Crippen molar-refractivity contribution in [1.82, 2.24) is 19.2 Å². The summed E-state index contributed by atoms with van der Waals surface area (Å²) in [5.41, 5.74) is 0.904. The molecule has 0 N–H and O–H groups in total. The minimum Gasteiger partial charge on any atom is -0.368 e. The number of ether oxygens (including phenoxy) is 1. The molecule has 1 amide bonds. The predicted octanol–water partition coefficient (Wildman–Crippen LogP) is 0.702. The molecule has 2 heterocycles. The monoisotopic (exact) mass is 316 g/mol. The van der Waals surface area contributed by atoms with Gasteiger partial charge in [0, 0.05) is 20.6 Å². The van der Waals surface area contributed by atoms with E-state index in [1.54, 1.807) is 23.6 Å². The topological polar surface area (TPSA) is 69.4 Å². The molecule has 7 nitrogen and oxygen atoms in total. The summed E-state index contributed by atoms with van der Waals surface area (Å²) in [7, 11) is 3.37. The van der Waals surface area contributed by atoms with Crippen LogP contribution in [0.4, 0.5) is 0 Å². The normalized spacial score (nSPS) is 16.9. The van der Waals surface area contributed by atoms with Crippen LogP contribution in [0.15, 0.2) is 35.1 Å². The first-order valence-corrected chi connectivity index (χ1v) is 7.59. The van der Waals surface area contributed by atoms with Gasteiger partial charge in [0.2, 0.25) is 5.91 Å². The van der Waals surface area contributed by atoms with Crippen molar-refractivity contribution >= 4 is 5.91 Å². The minimum atomic E-state index is -0.469. The highest BCUT2D eigenvalue weighted by atomic mass is 16.5. The third-order valence-electron chi connectivity index (χ3n) is 4.01. The first-order chi connectivity index (χ1) is 11.1. The van der Waals surface area contributed by atoms with Gasteiger partial charge in [0.15, 0.2) is 5.82 Å². The number of hydrogen-bond donors (Lipinski definition) is 0. The van der Waals surface area contributed by atoms with Gasteiger partial charge in [-0.05, 0) is 5.56 Å². The Hall–Kier alpha value is -2.41. The van der Waals surface area contributed by atoms with E-state index in [-0.39, 0.29) is 18.0 Å². The van der Waals surface area contributed by atoms with E-state index in [9.17, 15) is 9.59 Å². The molecule has 7 heteroatoms. The fraction of sp³-hybridized carbons (Fsp3) is 0.438. The van der Waals surface area contributed by atoms with Gasteiger partial charge < -0.3 is 9.64 Å². The summed E-state index contributed by atoms with van der Waals surface area (Å²) in [5.74, 6) is 0.496. The quantitative estimate of drug-likeness (QED) is 0.833. The van der Waals surface area contributed by atoms with Crippen molar-refractivity contribution in [3.05, 3.63) is 52.2 Å². The lowest BCUT2D eigenvalue weighted by molar-refractivity contribution is -0.134. The average molecular weight is 316 g/mol. The molecule has 122 valence electrons. The second-order valence-electron chi connectivity index (χ2n) is 5.71. The van der Waals surface area contributed by atoms with E-state index in [4.69, 9.17) is 4.74 Å². The lowest BCUT2D eigenvalue weighted by Crippen LogP contribution is -2.33. The molecule has 2 aromatic rings. The van der Waals surface area contributed by atoms with Crippen molar-refractivity contribution < 1.29 is 9.53 Å². The highest BCUT2D eigenvalue weighted by Gasteiger charge is 2.29. The zero-order chi connectivity index (χ0) is 16.4. The average Bonchev–Trinajstić information content (AvgIpc) is 2.84. The molecule has 1 atom stereocenters. The second-order valence-corrected chi connectivity index (χ2v) is 5.71. The maximum atomic E-state index is 12.4. The smallest absolute Gasteiger partial charge is 0.345 e. The van der Waals surface area contributed by atoms with Crippen molar-refractivity contribution in [3.63, 3.8) is 0 Å². The van der Waals surface area contributed by atoms with Crippen LogP contribution >= 0.6 is 0 Å². The summed E-state index contributed by atoms with van der Waals surface area (Å²) in [6.07, 6.45) is -0.289. The number of benzene rings is 1. The molecule has 0 saturated heterocycles. The summed E-state index contributed by atoms with van der Waals surface area (Å²) in [5, 5.41) is 4.20. The van der Waals surface area contributed by atoms with Gasteiger partial charge in [-0.15, -0.1) is 0 Å². The molecule has 1 aliphatic heterocycles. The molecule has 1 aromatic carbocycles. The Morgan fingerprint density at radius 1 is 1.39 bits per heavy atom. The van der Waals surface area contributed by atoms with E-state index in [1.165, 1.54) is 4.68 Å². The van der Waals surface area contributed by atoms with Crippen molar-refractivity contribution in [2.45, 2.75) is 25.6 Å². The van der Waals surface area contributed by atoms with Crippen molar-refractivity contribution in [2.24, 2.45) is 7.05 Å². The molecule has 0 bridgehead atoms. The molecule has 0 fully saturated rings. The zero-order valence-corrected chi connectivity index (χ0v) is 13.3. The van der Waals surface area contributed by atoms with E-state index in [0.29, 0.717) is 25.5 Å². The van der Waals surface area contributed by atoms with Gasteiger partial charge >= 0.3 is 5.69 Å². The Labute approximate surface area is 134 Å². The summed E-state index contributed by atoms with van der Waals surface area (Å²) in [6.45, 7) is 1.44. The molecule has 1 unspecified atom stereocenters. The Balaban J connectivity index is 1.69. The number of fused-ring (bicyclic) bond motifs is 1. The number of carbonyl (C=O) groups excluding carboxylic acids is 1. The van der Waals surface area contributed by atoms with Gasteiger partial charge in [0.05, 0.1) is 19.6 Å². The van der Waals surface area contributed by atoms with Gasteiger partial charge in [-0.3, -0.25) is 9.36 Å². The second kappa shape index (κ2) is 6.37. The van der Waals surface area contributed by atoms with E-state index in [2.05, 4.69) is 5.10 Å². The fourth-order valence-corrected chi connectivity index (χ4v) is 2.74. The third kappa shape index (κ3) is 3.19. The van der Waals surface area contributed by atoms with Crippen LogP contribution in [0, 0.1) is 0 Å². The molecule has 0 saturated carbocycles. The first kappa shape index (κ1) is 15.5. The van der Waals surface area contributed by atoms with Crippen molar-refractivity contribution in [3.8, 4) is 0 Å². The first-order valence-electron chi connectivity index (χ1n) is 7.59. The van der Waals surface area contributed by atoms with E-state index >= 15 is 0 Å². The van der Waals surface area contributed by atoms with E-state index < -0.39 is 6.10 Å². The van der Waals surface area contributed by atoms with Crippen LogP contribution in [-0.4, -0.2) is 38.8 Å². The van der Waals surface area contributed by atoms with Crippen LogP contribution in [0.25, 0.3) is 0 Å². The summed E-state index contributed by atoms with van der Waals surface area (Å²) in [4.78, 5) is 26.0. The minimum absolute atomic E-state index is 0.0367. The molecule has 0 radical (unpaired) electrons.